The lowest BCUT2D eigenvalue weighted by Crippen LogP contribution is -1.89. The smallest absolute Gasteiger partial charge is 0.345 e. The molecule has 0 saturated heterocycles. The maximum Gasteiger partial charge on any atom is 0.345 e. The van der Waals surface area contributed by atoms with Crippen LogP contribution in [0.5, 0.6) is 0 Å². The van der Waals surface area contributed by atoms with Crippen molar-refractivity contribution in [3.8, 4) is 0 Å². The molecule has 0 radical (unpaired) electrons. The number of benzene rings is 1. The summed E-state index contributed by atoms with van der Waals surface area (Å²) >= 11 is 8.99. The summed E-state index contributed by atoms with van der Waals surface area (Å²) in [6, 6.07) is 7.67. The first-order valence-electron chi connectivity index (χ1n) is 5.26. The third-order valence-electron chi connectivity index (χ3n) is 2.39. The van der Waals surface area contributed by atoms with E-state index in [-0.39, 0.29) is 0 Å². The Bertz CT molecular complexity index is 578. The highest BCUT2D eigenvalue weighted by molar-refractivity contribution is 7.98. The molecule has 2 rings (SSSR count). The van der Waals surface area contributed by atoms with Crippen molar-refractivity contribution in [2.24, 2.45) is 0 Å². The normalized spacial score (nSPS) is 10.6. The minimum Gasteiger partial charge on any atom is -0.477 e. The topological polar surface area (TPSA) is 37.3 Å². The average molecular weight is 299 g/mol. The Balaban J connectivity index is 2.04. The van der Waals surface area contributed by atoms with E-state index in [0.29, 0.717) is 4.88 Å². The van der Waals surface area contributed by atoms with Crippen LogP contribution in [-0.2, 0) is 5.75 Å². The molecule has 1 N–H and O–H groups in total. The Hall–Kier alpha value is -0.970. The molecule has 0 aliphatic carbocycles. The molecule has 94 valence electrons. The van der Waals surface area contributed by atoms with Crippen molar-refractivity contribution in [3.63, 3.8) is 0 Å². The lowest BCUT2D eigenvalue weighted by atomic mass is 10.2. The predicted molar refractivity (Wildman–Crippen MR) is 77.0 cm³/mol. The quantitative estimate of drug-likeness (QED) is 0.831. The monoisotopic (exact) mass is 298 g/mol. The van der Waals surface area contributed by atoms with Gasteiger partial charge in [-0.3, -0.25) is 0 Å². The van der Waals surface area contributed by atoms with Crippen LogP contribution in [-0.4, -0.2) is 11.1 Å². The second kappa shape index (κ2) is 5.78. The number of carboxylic acid groups (broad SMARTS) is 1. The van der Waals surface area contributed by atoms with Gasteiger partial charge >= 0.3 is 5.97 Å². The van der Waals surface area contributed by atoms with Crippen molar-refractivity contribution >= 4 is 40.7 Å². The van der Waals surface area contributed by atoms with Crippen LogP contribution in [0.1, 0.15) is 20.8 Å². The number of rotatable bonds is 4. The first-order chi connectivity index (χ1) is 8.56. The van der Waals surface area contributed by atoms with Crippen molar-refractivity contribution < 1.29 is 9.90 Å². The zero-order chi connectivity index (χ0) is 13.1. The Morgan fingerprint density at radius 3 is 2.83 bits per heavy atom. The van der Waals surface area contributed by atoms with Gasteiger partial charge in [0, 0.05) is 21.1 Å². The maximum absolute atomic E-state index is 10.8. The Morgan fingerprint density at radius 1 is 1.44 bits per heavy atom. The second-order valence-electron chi connectivity index (χ2n) is 3.84. The number of carboxylic acids is 1. The number of hydrogen-bond acceptors (Lipinski definition) is 3. The molecule has 18 heavy (non-hydrogen) atoms. The fourth-order valence-corrected chi connectivity index (χ4v) is 3.69. The highest BCUT2D eigenvalue weighted by Gasteiger charge is 2.08. The van der Waals surface area contributed by atoms with Crippen LogP contribution < -0.4 is 0 Å². The molecule has 0 amide bonds. The third kappa shape index (κ3) is 3.28. The molecule has 0 unspecified atom stereocenters. The number of aryl methyl sites for hydroxylation is 1. The SMILES string of the molecule is Cc1ccc(CSc2csc(C(=O)O)c2)c(Cl)c1. The van der Waals surface area contributed by atoms with Gasteiger partial charge in [0.1, 0.15) is 4.88 Å². The van der Waals surface area contributed by atoms with Gasteiger partial charge in [-0.15, -0.1) is 23.1 Å². The third-order valence-corrected chi connectivity index (χ3v) is 4.83. The number of thioether (sulfide) groups is 1. The first-order valence-corrected chi connectivity index (χ1v) is 7.50. The Labute approximate surface area is 119 Å². The standard InChI is InChI=1S/C13H11ClO2S2/c1-8-2-3-9(11(14)4-8)6-17-10-5-12(13(15)16)18-7-10/h2-5,7H,6H2,1H3,(H,15,16). The van der Waals surface area contributed by atoms with Crippen molar-refractivity contribution in [1.82, 2.24) is 0 Å². The van der Waals surface area contributed by atoms with Gasteiger partial charge in [0.25, 0.3) is 0 Å². The van der Waals surface area contributed by atoms with Gasteiger partial charge in [-0.05, 0) is 30.2 Å². The maximum atomic E-state index is 10.8. The summed E-state index contributed by atoms with van der Waals surface area (Å²) in [5.41, 5.74) is 2.20. The zero-order valence-corrected chi connectivity index (χ0v) is 12.0. The van der Waals surface area contributed by atoms with Crippen LogP contribution in [0.15, 0.2) is 34.5 Å². The van der Waals surface area contributed by atoms with Gasteiger partial charge in [0.15, 0.2) is 0 Å². The number of aromatic carboxylic acids is 1. The first kappa shape index (κ1) is 13.5. The van der Waals surface area contributed by atoms with Crippen molar-refractivity contribution in [3.05, 3.63) is 50.7 Å². The summed E-state index contributed by atoms with van der Waals surface area (Å²) < 4.78 is 0. The van der Waals surface area contributed by atoms with E-state index in [1.807, 2.05) is 30.5 Å². The molecule has 0 bridgehead atoms. The molecule has 5 heteroatoms. The van der Waals surface area contributed by atoms with Crippen LogP contribution in [0, 0.1) is 6.92 Å². The van der Waals surface area contributed by atoms with Gasteiger partial charge in [0.05, 0.1) is 0 Å². The van der Waals surface area contributed by atoms with Crippen molar-refractivity contribution in [2.75, 3.05) is 0 Å². The van der Waals surface area contributed by atoms with E-state index < -0.39 is 5.97 Å². The summed E-state index contributed by atoms with van der Waals surface area (Å²) in [6.07, 6.45) is 0. The fourth-order valence-electron chi connectivity index (χ4n) is 1.44. The van der Waals surface area contributed by atoms with Gasteiger partial charge in [-0.25, -0.2) is 4.79 Å². The summed E-state index contributed by atoms with van der Waals surface area (Å²) in [4.78, 5) is 12.1. The second-order valence-corrected chi connectivity index (χ2v) is 6.20. The fraction of sp³-hybridized carbons (Fsp3) is 0.154. The summed E-state index contributed by atoms with van der Waals surface area (Å²) in [5.74, 6) is -0.130. The molecule has 2 aromatic rings. The van der Waals surface area contributed by atoms with Gasteiger partial charge in [-0.1, -0.05) is 23.7 Å². The highest BCUT2D eigenvalue weighted by atomic mass is 35.5. The summed E-state index contributed by atoms with van der Waals surface area (Å²) in [7, 11) is 0. The van der Waals surface area contributed by atoms with Crippen LogP contribution in [0.2, 0.25) is 5.02 Å². The number of hydrogen-bond donors (Lipinski definition) is 1. The highest BCUT2D eigenvalue weighted by Crippen LogP contribution is 2.30. The van der Waals surface area contributed by atoms with Gasteiger partial charge < -0.3 is 5.11 Å². The van der Waals surface area contributed by atoms with Crippen LogP contribution in [0.3, 0.4) is 0 Å². The van der Waals surface area contributed by atoms with Crippen molar-refractivity contribution in [2.45, 2.75) is 17.6 Å². The molecule has 2 nitrogen and oxygen atoms in total. The molecule has 0 saturated carbocycles. The average Bonchev–Trinajstić information content (AvgIpc) is 2.76. The molecule has 1 aromatic carbocycles. The number of halogens is 1. The number of thiophene rings is 1. The summed E-state index contributed by atoms with van der Waals surface area (Å²) in [6.45, 7) is 2.00. The van der Waals surface area contributed by atoms with Gasteiger partial charge in [-0.2, -0.15) is 0 Å². The van der Waals surface area contributed by atoms with E-state index in [1.54, 1.807) is 17.8 Å². The Kier molecular flexibility index (Phi) is 4.32. The molecular formula is C13H11ClO2S2. The molecule has 1 aromatic heterocycles. The predicted octanol–water partition coefficient (Wildman–Crippen LogP) is 4.70. The Morgan fingerprint density at radius 2 is 2.22 bits per heavy atom. The van der Waals surface area contributed by atoms with E-state index in [0.717, 1.165) is 26.8 Å². The number of carbonyl (C=O) groups is 1. The minimum absolute atomic E-state index is 0.368. The van der Waals surface area contributed by atoms with E-state index in [1.165, 1.54) is 11.3 Å². The van der Waals surface area contributed by atoms with E-state index in [4.69, 9.17) is 16.7 Å². The van der Waals surface area contributed by atoms with Gasteiger partial charge in [0.2, 0.25) is 0 Å². The minimum atomic E-state index is -0.875. The molecule has 0 atom stereocenters. The largest absolute Gasteiger partial charge is 0.477 e. The molecule has 1 heterocycles. The molecule has 0 spiro atoms. The van der Waals surface area contributed by atoms with Crippen LogP contribution in [0.4, 0.5) is 0 Å². The van der Waals surface area contributed by atoms with E-state index in [9.17, 15) is 4.79 Å². The lowest BCUT2D eigenvalue weighted by Gasteiger charge is -2.04. The summed E-state index contributed by atoms with van der Waals surface area (Å²) in [5, 5.41) is 11.5. The lowest BCUT2D eigenvalue weighted by molar-refractivity contribution is 0.0702. The van der Waals surface area contributed by atoms with Crippen LogP contribution in [0.25, 0.3) is 0 Å². The molecule has 0 aliphatic heterocycles. The van der Waals surface area contributed by atoms with Crippen molar-refractivity contribution in [1.29, 1.82) is 0 Å². The molecule has 0 aliphatic rings. The zero-order valence-electron chi connectivity index (χ0n) is 9.64. The molecular weight excluding hydrogens is 288 g/mol. The molecule has 0 fully saturated rings. The van der Waals surface area contributed by atoms with Crippen LogP contribution >= 0.6 is 34.7 Å². The van der Waals surface area contributed by atoms with E-state index >= 15 is 0 Å². The van der Waals surface area contributed by atoms with E-state index in [2.05, 4.69) is 0 Å².